The third kappa shape index (κ3) is 2.78. The molecule has 1 heterocycles. The van der Waals surface area contributed by atoms with Crippen molar-refractivity contribution < 1.29 is 4.74 Å². The van der Waals surface area contributed by atoms with Crippen molar-refractivity contribution in [3.05, 3.63) is 0 Å². The first-order valence-electron chi connectivity index (χ1n) is 6.98. The molecule has 94 valence electrons. The molecule has 2 atom stereocenters. The van der Waals surface area contributed by atoms with Gasteiger partial charge in [-0.2, -0.15) is 0 Å². The SMILES string of the molecule is CCC1CCNC2(CCCC(C)(C)CC2)O1. The zero-order chi connectivity index (χ0) is 11.6. The molecule has 0 aromatic rings. The fourth-order valence-electron chi connectivity index (χ4n) is 3.11. The first-order chi connectivity index (χ1) is 7.55. The van der Waals surface area contributed by atoms with Gasteiger partial charge >= 0.3 is 0 Å². The molecule has 2 fully saturated rings. The molecule has 2 heteroatoms. The maximum Gasteiger partial charge on any atom is 0.119 e. The van der Waals surface area contributed by atoms with Crippen LogP contribution in [0.3, 0.4) is 0 Å². The topological polar surface area (TPSA) is 21.3 Å². The summed E-state index contributed by atoms with van der Waals surface area (Å²) in [6.45, 7) is 8.17. The van der Waals surface area contributed by atoms with Crippen LogP contribution in [0.25, 0.3) is 0 Å². The Kier molecular flexibility index (Phi) is 3.60. The van der Waals surface area contributed by atoms with Crippen LogP contribution >= 0.6 is 0 Å². The Hall–Kier alpha value is -0.0800. The lowest BCUT2D eigenvalue weighted by atomic mass is 9.85. The lowest BCUT2D eigenvalue weighted by Gasteiger charge is -2.42. The molecule has 1 aliphatic carbocycles. The van der Waals surface area contributed by atoms with Crippen LogP contribution < -0.4 is 5.32 Å². The summed E-state index contributed by atoms with van der Waals surface area (Å²) in [6.07, 6.45) is 9.16. The van der Waals surface area contributed by atoms with Crippen LogP contribution in [0.5, 0.6) is 0 Å². The van der Waals surface area contributed by atoms with Gasteiger partial charge in [0.1, 0.15) is 5.72 Å². The van der Waals surface area contributed by atoms with Gasteiger partial charge < -0.3 is 4.74 Å². The standard InChI is InChI=1S/C14H27NO/c1-4-12-6-11-15-14(16-12)8-5-7-13(2,3)9-10-14/h12,15H,4-11H2,1-3H3. The molecule has 0 bridgehead atoms. The molecule has 0 aromatic carbocycles. The Morgan fingerprint density at radius 3 is 2.75 bits per heavy atom. The molecule has 1 N–H and O–H groups in total. The second kappa shape index (κ2) is 4.66. The first-order valence-corrected chi connectivity index (χ1v) is 6.98. The molecule has 2 unspecified atom stereocenters. The molecular formula is C14H27NO. The Labute approximate surface area is 100 Å². The van der Waals surface area contributed by atoms with Crippen molar-refractivity contribution in [2.24, 2.45) is 5.41 Å². The average molecular weight is 225 g/mol. The van der Waals surface area contributed by atoms with Gasteiger partial charge in [0.05, 0.1) is 6.10 Å². The third-order valence-corrected chi connectivity index (χ3v) is 4.40. The maximum atomic E-state index is 6.33. The van der Waals surface area contributed by atoms with Crippen LogP contribution in [0, 0.1) is 5.41 Å². The van der Waals surface area contributed by atoms with E-state index in [2.05, 4.69) is 26.1 Å². The molecule has 16 heavy (non-hydrogen) atoms. The lowest BCUT2D eigenvalue weighted by Crippen LogP contribution is -2.54. The average Bonchev–Trinajstić information content (AvgIpc) is 2.39. The van der Waals surface area contributed by atoms with E-state index >= 15 is 0 Å². The predicted octanol–water partition coefficient (Wildman–Crippen LogP) is 3.46. The molecular weight excluding hydrogens is 198 g/mol. The van der Waals surface area contributed by atoms with E-state index in [9.17, 15) is 0 Å². The lowest BCUT2D eigenvalue weighted by molar-refractivity contribution is -0.151. The largest absolute Gasteiger partial charge is 0.357 e. The van der Waals surface area contributed by atoms with Crippen molar-refractivity contribution in [3.8, 4) is 0 Å². The summed E-state index contributed by atoms with van der Waals surface area (Å²) in [6, 6.07) is 0. The van der Waals surface area contributed by atoms with Gasteiger partial charge in [-0.15, -0.1) is 0 Å². The zero-order valence-corrected chi connectivity index (χ0v) is 11.1. The fourth-order valence-corrected chi connectivity index (χ4v) is 3.11. The molecule has 2 aliphatic rings. The summed E-state index contributed by atoms with van der Waals surface area (Å²) < 4.78 is 6.33. The Morgan fingerprint density at radius 1 is 1.19 bits per heavy atom. The van der Waals surface area contributed by atoms with Crippen molar-refractivity contribution in [1.29, 1.82) is 0 Å². The highest BCUT2D eigenvalue weighted by Crippen LogP contribution is 2.40. The Morgan fingerprint density at radius 2 is 2.00 bits per heavy atom. The van der Waals surface area contributed by atoms with Crippen molar-refractivity contribution in [2.75, 3.05) is 6.54 Å². The highest BCUT2D eigenvalue weighted by atomic mass is 16.5. The quantitative estimate of drug-likeness (QED) is 0.738. The normalized spacial score (nSPS) is 39.6. The minimum atomic E-state index is 0.0205. The summed E-state index contributed by atoms with van der Waals surface area (Å²) >= 11 is 0. The Bertz CT molecular complexity index is 239. The highest BCUT2D eigenvalue weighted by molar-refractivity contribution is 4.89. The van der Waals surface area contributed by atoms with E-state index in [-0.39, 0.29) is 5.72 Å². The van der Waals surface area contributed by atoms with Crippen LogP contribution in [0.4, 0.5) is 0 Å². The number of ether oxygens (including phenoxy) is 1. The third-order valence-electron chi connectivity index (χ3n) is 4.40. The molecule has 0 aromatic heterocycles. The minimum absolute atomic E-state index is 0.0205. The number of hydrogen-bond acceptors (Lipinski definition) is 2. The first kappa shape index (κ1) is 12.4. The summed E-state index contributed by atoms with van der Waals surface area (Å²) in [5.41, 5.74) is 0.528. The molecule has 1 aliphatic heterocycles. The minimum Gasteiger partial charge on any atom is -0.357 e. The van der Waals surface area contributed by atoms with Crippen LogP contribution in [-0.4, -0.2) is 18.4 Å². The van der Waals surface area contributed by atoms with Crippen molar-refractivity contribution >= 4 is 0 Å². The van der Waals surface area contributed by atoms with E-state index in [4.69, 9.17) is 4.74 Å². The fraction of sp³-hybridized carbons (Fsp3) is 1.00. The molecule has 0 radical (unpaired) electrons. The van der Waals surface area contributed by atoms with Gasteiger partial charge in [-0.1, -0.05) is 20.8 Å². The molecule has 2 nitrogen and oxygen atoms in total. The van der Waals surface area contributed by atoms with Gasteiger partial charge in [0, 0.05) is 6.54 Å². The van der Waals surface area contributed by atoms with E-state index in [1.54, 1.807) is 0 Å². The monoisotopic (exact) mass is 225 g/mol. The van der Waals surface area contributed by atoms with E-state index in [0.717, 1.165) is 13.0 Å². The van der Waals surface area contributed by atoms with Gasteiger partial charge in [0.2, 0.25) is 0 Å². The van der Waals surface area contributed by atoms with E-state index in [1.165, 1.54) is 38.5 Å². The van der Waals surface area contributed by atoms with Gasteiger partial charge in [-0.3, -0.25) is 5.32 Å². The number of nitrogens with one attached hydrogen (secondary N) is 1. The van der Waals surface area contributed by atoms with Crippen LogP contribution in [0.15, 0.2) is 0 Å². The van der Waals surface area contributed by atoms with Crippen LogP contribution in [0.2, 0.25) is 0 Å². The summed E-state index contributed by atoms with van der Waals surface area (Å²) in [5.74, 6) is 0. The van der Waals surface area contributed by atoms with Crippen LogP contribution in [0.1, 0.15) is 65.7 Å². The second-order valence-corrected chi connectivity index (χ2v) is 6.38. The van der Waals surface area contributed by atoms with Crippen molar-refractivity contribution in [2.45, 2.75) is 77.5 Å². The maximum absolute atomic E-state index is 6.33. The van der Waals surface area contributed by atoms with Crippen LogP contribution in [-0.2, 0) is 4.74 Å². The smallest absolute Gasteiger partial charge is 0.119 e. The van der Waals surface area contributed by atoms with E-state index in [0.29, 0.717) is 11.5 Å². The van der Waals surface area contributed by atoms with Crippen molar-refractivity contribution in [3.63, 3.8) is 0 Å². The summed E-state index contributed by atoms with van der Waals surface area (Å²) in [5, 5.41) is 3.65. The van der Waals surface area contributed by atoms with Crippen molar-refractivity contribution in [1.82, 2.24) is 5.32 Å². The van der Waals surface area contributed by atoms with Gasteiger partial charge in [-0.25, -0.2) is 0 Å². The molecule has 1 saturated carbocycles. The van der Waals surface area contributed by atoms with E-state index in [1.807, 2.05) is 0 Å². The molecule has 1 spiro atoms. The van der Waals surface area contributed by atoms with Gasteiger partial charge in [-0.05, 0) is 50.4 Å². The number of rotatable bonds is 1. The Balaban J connectivity index is 2.01. The molecule has 0 amide bonds. The summed E-state index contributed by atoms with van der Waals surface area (Å²) in [4.78, 5) is 0. The number of hydrogen-bond donors (Lipinski definition) is 1. The molecule has 2 rings (SSSR count). The van der Waals surface area contributed by atoms with Gasteiger partial charge in [0.15, 0.2) is 0 Å². The summed E-state index contributed by atoms with van der Waals surface area (Å²) in [7, 11) is 0. The van der Waals surface area contributed by atoms with E-state index < -0.39 is 0 Å². The van der Waals surface area contributed by atoms with Gasteiger partial charge in [0.25, 0.3) is 0 Å². The molecule has 1 saturated heterocycles. The highest BCUT2D eigenvalue weighted by Gasteiger charge is 2.39. The zero-order valence-electron chi connectivity index (χ0n) is 11.1. The second-order valence-electron chi connectivity index (χ2n) is 6.38. The predicted molar refractivity (Wildman–Crippen MR) is 67.4 cm³/mol.